The number of Topliss-reactive ketones (excluding diaryl/α,β-unsaturated/α-hetero) is 1. The van der Waals surface area contributed by atoms with E-state index in [9.17, 15) is 13.2 Å². The van der Waals surface area contributed by atoms with E-state index in [-0.39, 0.29) is 21.7 Å². The molecule has 1 heterocycles. The van der Waals surface area contributed by atoms with Gasteiger partial charge in [-0.25, -0.2) is 13.4 Å². The lowest BCUT2D eigenvalue weighted by molar-refractivity contribution is 0.102. The highest BCUT2D eigenvalue weighted by molar-refractivity contribution is 7.99. The van der Waals surface area contributed by atoms with Crippen LogP contribution in [0.15, 0.2) is 69.1 Å². The van der Waals surface area contributed by atoms with Gasteiger partial charge >= 0.3 is 0 Å². The maximum atomic E-state index is 12.9. The van der Waals surface area contributed by atoms with E-state index >= 15 is 0 Å². The zero-order valence-electron chi connectivity index (χ0n) is 20.4. The Balaban J connectivity index is 1.51. The van der Waals surface area contributed by atoms with E-state index < -0.39 is 10.0 Å². The number of aromatic nitrogens is 1. The molecule has 0 radical (unpaired) electrons. The van der Waals surface area contributed by atoms with Crippen LogP contribution in [-0.2, 0) is 10.0 Å². The van der Waals surface area contributed by atoms with Gasteiger partial charge in [0.05, 0.1) is 44.8 Å². The highest BCUT2D eigenvalue weighted by Gasteiger charge is 2.20. The number of fused-ring (bicyclic) bond motifs is 1. The standard InChI is InChI=1S/C25H24N2O8S2/c1-31-20-8-6-5-7-17(20)27-37(29,30)16-9-10-21-18(13-16)26-25(35-21)36-14-19(28)15-11-22(32-2)24(34-4)23(12-15)33-3/h5-13,27H,14H2,1-4H3. The van der Waals surface area contributed by atoms with E-state index in [4.69, 9.17) is 23.4 Å². The Kier molecular flexibility index (Phi) is 7.79. The molecule has 0 saturated heterocycles. The minimum atomic E-state index is -3.92. The molecule has 0 unspecified atom stereocenters. The third-order valence-electron chi connectivity index (χ3n) is 5.31. The molecule has 0 aliphatic rings. The van der Waals surface area contributed by atoms with Crippen LogP contribution in [-0.4, -0.2) is 53.4 Å². The van der Waals surface area contributed by atoms with Gasteiger partial charge in [0, 0.05) is 5.56 Å². The average molecular weight is 545 g/mol. The number of anilines is 1. The lowest BCUT2D eigenvalue weighted by Crippen LogP contribution is -2.13. The zero-order valence-corrected chi connectivity index (χ0v) is 22.1. The van der Waals surface area contributed by atoms with Crippen molar-refractivity contribution < 1.29 is 36.6 Å². The largest absolute Gasteiger partial charge is 0.495 e. The average Bonchev–Trinajstić information content (AvgIpc) is 3.33. The minimum Gasteiger partial charge on any atom is -0.495 e. The zero-order chi connectivity index (χ0) is 26.6. The van der Waals surface area contributed by atoms with Crippen molar-refractivity contribution in [3.05, 3.63) is 60.2 Å². The summed E-state index contributed by atoms with van der Waals surface area (Å²) in [5, 5.41) is 0.225. The molecule has 0 saturated carbocycles. The molecule has 3 aromatic carbocycles. The van der Waals surface area contributed by atoms with Gasteiger partial charge in [-0.3, -0.25) is 9.52 Å². The van der Waals surface area contributed by atoms with Crippen LogP contribution in [0.1, 0.15) is 10.4 Å². The van der Waals surface area contributed by atoms with E-state index in [0.29, 0.717) is 45.3 Å². The van der Waals surface area contributed by atoms with Gasteiger partial charge in [-0.05, 0) is 42.5 Å². The second-order valence-electron chi connectivity index (χ2n) is 7.54. The molecule has 4 rings (SSSR count). The fraction of sp³-hybridized carbons (Fsp3) is 0.200. The maximum Gasteiger partial charge on any atom is 0.262 e. The van der Waals surface area contributed by atoms with Gasteiger partial charge < -0.3 is 23.4 Å². The molecule has 4 aromatic rings. The molecule has 37 heavy (non-hydrogen) atoms. The van der Waals surface area contributed by atoms with Crippen LogP contribution in [0, 0.1) is 0 Å². The fourth-order valence-corrected chi connectivity index (χ4v) is 5.32. The topological polar surface area (TPSA) is 126 Å². The Bertz CT molecular complexity index is 1520. The van der Waals surface area contributed by atoms with Gasteiger partial charge in [0.2, 0.25) is 5.75 Å². The summed E-state index contributed by atoms with van der Waals surface area (Å²) in [6.45, 7) is 0. The molecule has 194 valence electrons. The number of ether oxygens (including phenoxy) is 4. The number of hydrogen-bond donors (Lipinski definition) is 1. The van der Waals surface area contributed by atoms with Crippen molar-refractivity contribution in [2.75, 3.05) is 38.9 Å². The van der Waals surface area contributed by atoms with Crippen molar-refractivity contribution in [1.82, 2.24) is 4.98 Å². The number of oxazole rings is 1. The van der Waals surface area contributed by atoms with Crippen molar-refractivity contribution in [1.29, 1.82) is 0 Å². The number of rotatable bonds is 11. The highest BCUT2D eigenvalue weighted by atomic mass is 32.2. The van der Waals surface area contributed by atoms with Gasteiger partial charge in [0.25, 0.3) is 15.2 Å². The first-order valence-electron chi connectivity index (χ1n) is 10.8. The third-order valence-corrected chi connectivity index (χ3v) is 7.51. The number of carbonyl (C=O) groups excluding carboxylic acids is 1. The molecule has 0 aliphatic carbocycles. The minimum absolute atomic E-state index is 0.00394. The van der Waals surface area contributed by atoms with Crippen LogP contribution in [0.2, 0.25) is 0 Å². The summed E-state index contributed by atoms with van der Waals surface area (Å²) < 4.78 is 55.2. The summed E-state index contributed by atoms with van der Waals surface area (Å²) >= 11 is 1.09. The van der Waals surface area contributed by atoms with E-state index in [0.717, 1.165) is 11.8 Å². The second kappa shape index (κ2) is 11.0. The number of nitrogens with zero attached hydrogens (tertiary/aromatic N) is 1. The number of benzene rings is 3. The molecule has 1 aromatic heterocycles. The summed E-state index contributed by atoms with van der Waals surface area (Å²) in [7, 11) is 1.97. The Morgan fingerprint density at radius 1 is 0.919 bits per heavy atom. The molecular weight excluding hydrogens is 520 g/mol. The quantitative estimate of drug-likeness (QED) is 0.211. The molecule has 0 amide bonds. The molecule has 10 nitrogen and oxygen atoms in total. The highest BCUT2D eigenvalue weighted by Crippen LogP contribution is 2.38. The van der Waals surface area contributed by atoms with E-state index in [2.05, 4.69) is 9.71 Å². The number of para-hydroxylation sites is 2. The van der Waals surface area contributed by atoms with Crippen LogP contribution < -0.4 is 23.7 Å². The van der Waals surface area contributed by atoms with Gasteiger partial charge in [0.1, 0.15) is 11.3 Å². The van der Waals surface area contributed by atoms with Gasteiger partial charge in [-0.15, -0.1) is 0 Å². The molecule has 0 aliphatic heterocycles. The number of methoxy groups -OCH3 is 4. The smallest absolute Gasteiger partial charge is 0.262 e. The van der Waals surface area contributed by atoms with Crippen LogP contribution in [0.4, 0.5) is 5.69 Å². The van der Waals surface area contributed by atoms with Crippen LogP contribution in [0.3, 0.4) is 0 Å². The normalized spacial score (nSPS) is 11.2. The predicted octanol–water partition coefficient (Wildman–Crippen LogP) is 4.64. The number of hydrogen-bond acceptors (Lipinski definition) is 10. The van der Waals surface area contributed by atoms with Crippen LogP contribution in [0.25, 0.3) is 11.1 Å². The molecule has 1 N–H and O–H groups in total. The fourth-order valence-electron chi connectivity index (χ4n) is 3.50. The number of carbonyl (C=O) groups is 1. The SMILES string of the molecule is COc1ccccc1NS(=O)(=O)c1ccc2oc(SCC(=O)c3cc(OC)c(OC)c(OC)c3)nc2c1. The number of thioether (sulfide) groups is 1. The van der Waals surface area contributed by atoms with Crippen molar-refractivity contribution in [2.45, 2.75) is 10.1 Å². The molecule has 0 atom stereocenters. The molecule has 12 heteroatoms. The first-order chi connectivity index (χ1) is 17.8. The summed E-state index contributed by atoms with van der Waals surface area (Å²) in [6.07, 6.45) is 0. The maximum absolute atomic E-state index is 12.9. The summed E-state index contributed by atoms with van der Waals surface area (Å²) in [5.74, 6) is 1.32. The van der Waals surface area contributed by atoms with Crippen molar-refractivity contribution >= 4 is 44.4 Å². The Morgan fingerprint density at radius 3 is 2.24 bits per heavy atom. The van der Waals surface area contributed by atoms with Gasteiger partial charge in [0.15, 0.2) is 22.9 Å². The molecule has 0 bridgehead atoms. The second-order valence-corrected chi connectivity index (χ2v) is 10.1. The van der Waals surface area contributed by atoms with E-state index in [1.54, 1.807) is 36.4 Å². The lowest BCUT2D eigenvalue weighted by atomic mass is 10.1. The Morgan fingerprint density at radius 2 is 1.59 bits per heavy atom. The predicted molar refractivity (Wildman–Crippen MR) is 139 cm³/mol. The van der Waals surface area contributed by atoms with Crippen LogP contribution >= 0.6 is 11.8 Å². The third kappa shape index (κ3) is 5.59. The first kappa shape index (κ1) is 26.2. The van der Waals surface area contributed by atoms with E-state index in [1.165, 1.54) is 46.6 Å². The van der Waals surface area contributed by atoms with Crippen molar-refractivity contribution in [2.24, 2.45) is 0 Å². The van der Waals surface area contributed by atoms with Crippen molar-refractivity contribution in [3.63, 3.8) is 0 Å². The molecule has 0 fully saturated rings. The lowest BCUT2D eigenvalue weighted by Gasteiger charge is -2.13. The molecular formula is C25H24N2O8S2. The van der Waals surface area contributed by atoms with Crippen LogP contribution in [0.5, 0.6) is 23.0 Å². The summed E-state index contributed by atoms with van der Waals surface area (Å²) in [4.78, 5) is 17.2. The number of nitrogens with one attached hydrogen (secondary N) is 1. The summed E-state index contributed by atoms with van der Waals surface area (Å²) in [6, 6.07) is 14.2. The van der Waals surface area contributed by atoms with Gasteiger partial charge in [-0.2, -0.15) is 0 Å². The number of sulfonamides is 1. The number of ketones is 1. The monoisotopic (exact) mass is 544 g/mol. The Hall–Kier alpha value is -3.90. The first-order valence-corrected chi connectivity index (χ1v) is 13.3. The summed E-state index contributed by atoms with van der Waals surface area (Å²) in [5.41, 5.74) is 1.41. The van der Waals surface area contributed by atoms with E-state index in [1.807, 2.05) is 0 Å². The van der Waals surface area contributed by atoms with Gasteiger partial charge in [-0.1, -0.05) is 23.9 Å². The Labute approximate surface area is 217 Å². The van der Waals surface area contributed by atoms with Crippen molar-refractivity contribution in [3.8, 4) is 23.0 Å². The molecule has 0 spiro atoms.